The first-order chi connectivity index (χ1) is 12.6. The number of hydrogen-bond donors (Lipinski definition) is 1. The number of hydrogen-bond acceptors (Lipinski definition) is 2. The zero-order chi connectivity index (χ0) is 20.2. The minimum atomic E-state index is -4.42. The highest BCUT2D eigenvalue weighted by Gasteiger charge is 2.34. The molecule has 0 saturated heterocycles. The molecular formula is C22H23F3O2. The number of phenols is 1. The molecule has 0 atom stereocenters. The molecule has 2 aromatic carbocycles. The topological polar surface area (TPSA) is 29.5 Å². The third-order valence-corrected chi connectivity index (χ3v) is 4.11. The molecule has 0 aliphatic carbocycles. The molecule has 0 radical (unpaired) electrons. The SMILES string of the molecule is COc1cc(/C=C/c2cc(C)cc(C(F)(F)F)c2CC=C(C)C)ccc1O. The maximum absolute atomic E-state index is 13.6. The van der Waals surface area contributed by atoms with Crippen molar-refractivity contribution in [2.24, 2.45) is 0 Å². The van der Waals surface area contributed by atoms with Gasteiger partial charge in [0, 0.05) is 0 Å². The molecule has 0 amide bonds. The van der Waals surface area contributed by atoms with Crippen molar-refractivity contribution < 1.29 is 23.0 Å². The lowest BCUT2D eigenvalue weighted by molar-refractivity contribution is -0.138. The quantitative estimate of drug-likeness (QED) is 0.483. The predicted octanol–water partition coefficient (Wildman–Crippen LogP) is 6.41. The highest BCUT2D eigenvalue weighted by Crippen LogP contribution is 2.36. The number of rotatable bonds is 5. The first-order valence-corrected chi connectivity index (χ1v) is 8.51. The van der Waals surface area contributed by atoms with E-state index in [1.54, 1.807) is 43.4 Å². The van der Waals surface area contributed by atoms with Gasteiger partial charge in [0.25, 0.3) is 0 Å². The summed E-state index contributed by atoms with van der Waals surface area (Å²) in [5.74, 6) is 0.316. The van der Waals surface area contributed by atoms with Crippen LogP contribution in [-0.2, 0) is 12.6 Å². The van der Waals surface area contributed by atoms with Crippen LogP contribution in [-0.4, -0.2) is 12.2 Å². The molecule has 0 spiro atoms. The monoisotopic (exact) mass is 376 g/mol. The molecule has 5 heteroatoms. The van der Waals surface area contributed by atoms with E-state index < -0.39 is 11.7 Å². The Balaban J connectivity index is 2.54. The maximum atomic E-state index is 13.6. The van der Waals surface area contributed by atoms with Crippen LogP contribution in [0.2, 0.25) is 0 Å². The number of aromatic hydroxyl groups is 1. The predicted molar refractivity (Wildman–Crippen MR) is 103 cm³/mol. The van der Waals surface area contributed by atoms with Crippen molar-refractivity contribution >= 4 is 12.2 Å². The largest absolute Gasteiger partial charge is 0.504 e. The van der Waals surface area contributed by atoms with E-state index in [9.17, 15) is 18.3 Å². The Bertz CT molecular complexity index is 874. The molecule has 0 saturated carbocycles. The minimum Gasteiger partial charge on any atom is -0.504 e. The van der Waals surface area contributed by atoms with Crippen molar-refractivity contribution in [1.29, 1.82) is 0 Å². The molecule has 0 aliphatic rings. The van der Waals surface area contributed by atoms with Crippen molar-refractivity contribution in [3.63, 3.8) is 0 Å². The summed E-state index contributed by atoms with van der Waals surface area (Å²) >= 11 is 0. The summed E-state index contributed by atoms with van der Waals surface area (Å²) in [6.45, 7) is 5.38. The van der Waals surface area contributed by atoms with Gasteiger partial charge in [-0.3, -0.25) is 0 Å². The van der Waals surface area contributed by atoms with Crippen molar-refractivity contribution in [1.82, 2.24) is 0 Å². The highest BCUT2D eigenvalue weighted by atomic mass is 19.4. The molecule has 2 nitrogen and oxygen atoms in total. The summed E-state index contributed by atoms with van der Waals surface area (Å²) in [6.07, 6.45) is 0.961. The van der Waals surface area contributed by atoms with E-state index in [0.29, 0.717) is 22.4 Å². The Hall–Kier alpha value is -2.69. The fourth-order valence-electron chi connectivity index (χ4n) is 2.76. The van der Waals surface area contributed by atoms with Gasteiger partial charge in [-0.1, -0.05) is 35.9 Å². The van der Waals surface area contributed by atoms with Crippen LogP contribution in [0.1, 0.15) is 41.7 Å². The summed E-state index contributed by atoms with van der Waals surface area (Å²) in [6, 6.07) is 7.72. The van der Waals surface area contributed by atoms with Gasteiger partial charge in [0.1, 0.15) is 0 Å². The Morgan fingerprint density at radius 1 is 1.11 bits per heavy atom. The number of methoxy groups -OCH3 is 1. The van der Waals surface area contributed by atoms with Crippen molar-refractivity contribution in [2.45, 2.75) is 33.4 Å². The number of phenolic OH excluding ortho intramolecular Hbond substituents is 1. The number of ether oxygens (including phenoxy) is 1. The van der Waals surface area contributed by atoms with Crippen LogP contribution in [0.15, 0.2) is 42.0 Å². The van der Waals surface area contributed by atoms with E-state index >= 15 is 0 Å². The first kappa shape index (κ1) is 20.6. The fraction of sp³-hybridized carbons (Fsp3) is 0.273. The number of alkyl halides is 3. The molecule has 0 aromatic heterocycles. The summed E-state index contributed by atoms with van der Waals surface area (Å²) in [5, 5.41) is 9.67. The Morgan fingerprint density at radius 2 is 1.81 bits per heavy atom. The lowest BCUT2D eigenvalue weighted by Gasteiger charge is -2.16. The van der Waals surface area contributed by atoms with Gasteiger partial charge in [-0.2, -0.15) is 13.2 Å². The maximum Gasteiger partial charge on any atom is 0.416 e. The molecule has 0 unspecified atom stereocenters. The smallest absolute Gasteiger partial charge is 0.416 e. The zero-order valence-electron chi connectivity index (χ0n) is 15.8. The molecule has 0 aliphatic heterocycles. The molecule has 0 heterocycles. The van der Waals surface area contributed by atoms with Gasteiger partial charge in [0.15, 0.2) is 11.5 Å². The molecule has 144 valence electrons. The molecule has 2 aromatic rings. The molecular weight excluding hydrogens is 353 g/mol. The van der Waals surface area contributed by atoms with E-state index in [1.807, 2.05) is 13.8 Å². The lowest BCUT2D eigenvalue weighted by atomic mass is 9.94. The zero-order valence-corrected chi connectivity index (χ0v) is 15.8. The van der Waals surface area contributed by atoms with Gasteiger partial charge in [0.2, 0.25) is 0 Å². The van der Waals surface area contributed by atoms with Crippen LogP contribution in [0.4, 0.5) is 13.2 Å². The third kappa shape index (κ3) is 5.39. The Morgan fingerprint density at radius 3 is 2.41 bits per heavy atom. The van der Waals surface area contributed by atoms with Crippen LogP contribution in [0.3, 0.4) is 0 Å². The van der Waals surface area contributed by atoms with Gasteiger partial charge in [-0.05, 0) is 67.6 Å². The minimum absolute atomic E-state index is 0.00816. The molecule has 27 heavy (non-hydrogen) atoms. The van der Waals surface area contributed by atoms with Gasteiger partial charge in [-0.15, -0.1) is 0 Å². The first-order valence-electron chi connectivity index (χ1n) is 8.51. The number of benzene rings is 2. The number of halogens is 3. The summed E-state index contributed by atoms with van der Waals surface area (Å²) in [4.78, 5) is 0. The number of allylic oxidation sites excluding steroid dienone is 2. The third-order valence-electron chi connectivity index (χ3n) is 4.11. The second-order valence-corrected chi connectivity index (χ2v) is 6.63. The van der Waals surface area contributed by atoms with Crippen LogP contribution in [0.5, 0.6) is 11.5 Å². The highest BCUT2D eigenvalue weighted by molar-refractivity contribution is 5.73. The standard InChI is InChI=1S/C22H23F3O2/c1-14(2)5-9-18-17(11-15(3)12-19(18)22(23,24)25)8-6-16-7-10-20(26)21(13-16)27-4/h5-8,10-13,26H,9H2,1-4H3/b8-6+. The van der Waals surface area contributed by atoms with Crippen molar-refractivity contribution in [3.05, 3.63) is 69.8 Å². The van der Waals surface area contributed by atoms with Gasteiger partial charge >= 0.3 is 6.18 Å². The van der Waals surface area contributed by atoms with Crippen molar-refractivity contribution in [3.8, 4) is 11.5 Å². The van der Waals surface area contributed by atoms with E-state index in [4.69, 9.17) is 4.74 Å². The van der Waals surface area contributed by atoms with Gasteiger partial charge in [0.05, 0.1) is 12.7 Å². The normalized spacial score (nSPS) is 11.7. The van der Waals surface area contributed by atoms with Crippen LogP contribution < -0.4 is 4.74 Å². The summed E-state index contributed by atoms with van der Waals surface area (Å²) < 4.78 is 45.7. The molecule has 1 N–H and O–H groups in total. The second kappa shape index (κ2) is 8.33. The lowest BCUT2D eigenvalue weighted by Crippen LogP contribution is -2.11. The summed E-state index contributed by atoms with van der Waals surface area (Å²) in [7, 11) is 1.44. The molecule has 2 rings (SSSR count). The van der Waals surface area contributed by atoms with E-state index in [1.165, 1.54) is 19.2 Å². The van der Waals surface area contributed by atoms with E-state index in [2.05, 4.69) is 0 Å². The molecule has 0 fully saturated rings. The average Bonchev–Trinajstić information content (AvgIpc) is 2.58. The molecule has 0 bridgehead atoms. The van der Waals surface area contributed by atoms with Gasteiger partial charge in [-0.25, -0.2) is 0 Å². The fourth-order valence-corrected chi connectivity index (χ4v) is 2.76. The van der Waals surface area contributed by atoms with Crippen molar-refractivity contribution in [2.75, 3.05) is 7.11 Å². The average molecular weight is 376 g/mol. The van der Waals surface area contributed by atoms with E-state index in [-0.39, 0.29) is 17.7 Å². The van der Waals surface area contributed by atoms with Crippen LogP contribution >= 0.6 is 0 Å². The second-order valence-electron chi connectivity index (χ2n) is 6.63. The Labute approximate surface area is 157 Å². The Kier molecular flexibility index (Phi) is 6.37. The van der Waals surface area contributed by atoms with Crippen LogP contribution in [0.25, 0.3) is 12.2 Å². The van der Waals surface area contributed by atoms with Crippen LogP contribution in [0, 0.1) is 6.92 Å². The number of aryl methyl sites for hydroxylation is 1. The summed E-state index contributed by atoms with van der Waals surface area (Å²) in [5.41, 5.74) is 2.38. The van der Waals surface area contributed by atoms with Gasteiger partial charge < -0.3 is 9.84 Å². The van der Waals surface area contributed by atoms with E-state index in [0.717, 1.165) is 5.57 Å².